The van der Waals surface area contributed by atoms with E-state index >= 15 is 0 Å². The number of carbonyl (C=O) groups is 1. The zero-order valence-electron chi connectivity index (χ0n) is 40.0. The molecular weight excluding hydrogens is 709 g/mol. The van der Waals surface area contributed by atoms with E-state index in [2.05, 4.69) is 19.1 Å². The van der Waals surface area contributed by atoms with E-state index in [-0.39, 0.29) is 5.97 Å². The first-order valence-corrected chi connectivity index (χ1v) is 27.2. The molecule has 0 aromatic heterocycles. The van der Waals surface area contributed by atoms with E-state index < -0.39 is 0 Å². The Morgan fingerprint density at radius 2 is 0.569 bits per heavy atom. The van der Waals surface area contributed by atoms with E-state index in [9.17, 15) is 4.79 Å². The minimum absolute atomic E-state index is 0.0186. The molecule has 3 nitrogen and oxygen atoms in total. The quantitative estimate of drug-likeness (QED) is 0.0378. The first kappa shape index (κ1) is 57.2. The van der Waals surface area contributed by atoms with Crippen molar-refractivity contribution in [2.24, 2.45) is 0 Å². The van der Waals surface area contributed by atoms with Crippen LogP contribution in [0.15, 0.2) is 12.2 Å². The van der Waals surface area contributed by atoms with Gasteiger partial charge in [-0.2, -0.15) is 0 Å². The van der Waals surface area contributed by atoms with Gasteiger partial charge in [0.05, 0.1) is 6.61 Å². The van der Waals surface area contributed by atoms with Gasteiger partial charge in [-0.15, -0.1) is 0 Å². The van der Waals surface area contributed by atoms with Crippen LogP contribution in [0.3, 0.4) is 0 Å². The third-order valence-corrected chi connectivity index (χ3v) is 12.7. The van der Waals surface area contributed by atoms with Crippen LogP contribution in [0, 0.1) is 0 Å². The van der Waals surface area contributed by atoms with E-state index in [1.54, 1.807) is 0 Å². The largest absolute Gasteiger partial charge is 0.466 e. The number of hydrogen-bond donors (Lipinski definition) is 1. The van der Waals surface area contributed by atoms with Crippen molar-refractivity contribution in [1.82, 2.24) is 0 Å². The molecule has 0 bridgehead atoms. The average molecular weight is 817 g/mol. The molecule has 3 heteroatoms. The van der Waals surface area contributed by atoms with Crippen LogP contribution in [-0.4, -0.2) is 24.3 Å². The van der Waals surface area contributed by atoms with Crippen molar-refractivity contribution in [3.8, 4) is 0 Å². The Hall–Kier alpha value is -0.830. The summed E-state index contributed by atoms with van der Waals surface area (Å²) < 4.78 is 5.47. The van der Waals surface area contributed by atoms with Gasteiger partial charge in [0.1, 0.15) is 0 Å². The van der Waals surface area contributed by atoms with Gasteiger partial charge in [0.25, 0.3) is 0 Å². The molecule has 0 saturated heterocycles. The lowest BCUT2D eigenvalue weighted by Gasteiger charge is -2.06. The molecule has 0 heterocycles. The Morgan fingerprint density at radius 3 is 0.862 bits per heavy atom. The number of esters is 1. The maximum Gasteiger partial charge on any atom is 0.305 e. The van der Waals surface area contributed by atoms with E-state index in [4.69, 9.17) is 9.84 Å². The molecule has 0 aliphatic rings. The molecule has 0 atom stereocenters. The second kappa shape index (κ2) is 54.2. The molecule has 58 heavy (non-hydrogen) atoms. The Labute approximate surface area is 366 Å². The van der Waals surface area contributed by atoms with Crippen LogP contribution in [0.2, 0.25) is 0 Å². The van der Waals surface area contributed by atoms with Gasteiger partial charge in [0, 0.05) is 13.0 Å². The number of aliphatic hydroxyl groups excluding tert-OH is 1. The van der Waals surface area contributed by atoms with Crippen molar-refractivity contribution >= 4 is 5.97 Å². The Balaban J connectivity index is 3.13. The molecule has 0 aromatic carbocycles. The summed E-state index contributed by atoms with van der Waals surface area (Å²) in [7, 11) is 0. The molecule has 0 fully saturated rings. The summed E-state index contributed by atoms with van der Waals surface area (Å²) in [4.78, 5) is 12.0. The maximum atomic E-state index is 12.0. The fourth-order valence-electron chi connectivity index (χ4n) is 8.65. The van der Waals surface area contributed by atoms with Crippen LogP contribution < -0.4 is 0 Å². The van der Waals surface area contributed by atoms with Gasteiger partial charge in [-0.05, 0) is 44.9 Å². The zero-order valence-corrected chi connectivity index (χ0v) is 40.0. The van der Waals surface area contributed by atoms with Crippen molar-refractivity contribution in [2.75, 3.05) is 13.2 Å². The molecule has 0 unspecified atom stereocenters. The Kier molecular flexibility index (Phi) is 53.4. The average Bonchev–Trinajstić information content (AvgIpc) is 3.23. The third kappa shape index (κ3) is 53.2. The van der Waals surface area contributed by atoms with Crippen LogP contribution in [0.1, 0.15) is 322 Å². The number of rotatable bonds is 52. The summed E-state index contributed by atoms with van der Waals surface area (Å²) in [5.74, 6) is 0.0186. The SMILES string of the molecule is CCCCCC/C=C\CCCCCCCC(=O)OCCCCCCCCCCCCCCCCCCCCCCCCCCCCCCCCCCCCCCCO. The highest BCUT2D eigenvalue weighted by atomic mass is 16.5. The summed E-state index contributed by atoms with van der Waals surface area (Å²) in [5, 5.41) is 8.82. The van der Waals surface area contributed by atoms with Gasteiger partial charge in [-0.25, -0.2) is 0 Å². The number of aliphatic hydroxyl groups is 1. The lowest BCUT2D eigenvalue weighted by Crippen LogP contribution is -2.05. The summed E-state index contributed by atoms with van der Waals surface area (Å²) >= 11 is 0. The van der Waals surface area contributed by atoms with Crippen LogP contribution in [0.5, 0.6) is 0 Å². The second-order valence-electron chi connectivity index (χ2n) is 18.7. The molecule has 346 valence electrons. The maximum absolute atomic E-state index is 12.0. The highest BCUT2D eigenvalue weighted by Crippen LogP contribution is 2.18. The smallest absolute Gasteiger partial charge is 0.305 e. The van der Waals surface area contributed by atoms with Gasteiger partial charge in [-0.1, -0.05) is 282 Å². The number of ether oxygens (including phenoxy) is 1. The van der Waals surface area contributed by atoms with Crippen molar-refractivity contribution in [3.05, 3.63) is 12.2 Å². The Morgan fingerprint density at radius 1 is 0.328 bits per heavy atom. The highest BCUT2D eigenvalue weighted by Gasteiger charge is 2.03. The molecule has 0 amide bonds. The molecule has 0 radical (unpaired) electrons. The van der Waals surface area contributed by atoms with Crippen LogP contribution in [0.25, 0.3) is 0 Å². The van der Waals surface area contributed by atoms with Gasteiger partial charge >= 0.3 is 5.97 Å². The van der Waals surface area contributed by atoms with Crippen LogP contribution in [-0.2, 0) is 9.53 Å². The molecule has 0 rings (SSSR count). The second-order valence-corrected chi connectivity index (χ2v) is 18.7. The molecular formula is C55H108O3. The predicted molar refractivity (Wildman–Crippen MR) is 259 cm³/mol. The standard InChI is InChI=1S/C55H108O3/c1-2-3-4-5-6-7-8-34-37-40-43-46-49-52-55(57)58-54-51-48-45-42-39-36-33-31-29-27-25-23-21-19-17-15-13-11-9-10-12-14-16-18-20-22-24-26-28-30-32-35-38-41-44-47-50-53-56/h7-8,56H,2-6,9-54H2,1H3/b8-7-. The Bertz CT molecular complexity index is 762. The highest BCUT2D eigenvalue weighted by molar-refractivity contribution is 5.69. The van der Waals surface area contributed by atoms with Gasteiger partial charge in [0.15, 0.2) is 0 Å². The fourth-order valence-corrected chi connectivity index (χ4v) is 8.65. The van der Waals surface area contributed by atoms with E-state index in [1.165, 1.54) is 283 Å². The normalized spacial score (nSPS) is 11.7. The predicted octanol–water partition coefficient (Wildman–Crippen LogP) is 19.2. The monoisotopic (exact) mass is 817 g/mol. The molecule has 0 aliphatic heterocycles. The van der Waals surface area contributed by atoms with Crippen LogP contribution in [0.4, 0.5) is 0 Å². The lowest BCUT2D eigenvalue weighted by atomic mass is 10.0. The lowest BCUT2D eigenvalue weighted by molar-refractivity contribution is -0.143. The minimum atomic E-state index is 0.0186. The third-order valence-electron chi connectivity index (χ3n) is 12.7. The van der Waals surface area contributed by atoms with Gasteiger partial charge < -0.3 is 9.84 Å². The topological polar surface area (TPSA) is 46.5 Å². The van der Waals surface area contributed by atoms with E-state index in [0.717, 1.165) is 25.7 Å². The van der Waals surface area contributed by atoms with Crippen LogP contribution >= 0.6 is 0 Å². The van der Waals surface area contributed by atoms with Crippen molar-refractivity contribution in [1.29, 1.82) is 0 Å². The zero-order chi connectivity index (χ0) is 41.8. The van der Waals surface area contributed by atoms with Crippen molar-refractivity contribution in [2.45, 2.75) is 322 Å². The molecule has 0 aromatic rings. The van der Waals surface area contributed by atoms with Crippen molar-refractivity contribution in [3.63, 3.8) is 0 Å². The summed E-state index contributed by atoms with van der Waals surface area (Å²) in [6, 6.07) is 0. The summed E-state index contributed by atoms with van der Waals surface area (Å²) in [5.41, 5.74) is 0. The van der Waals surface area contributed by atoms with E-state index in [0.29, 0.717) is 19.6 Å². The number of hydrogen-bond acceptors (Lipinski definition) is 3. The number of allylic oxidation sites excluding steroid dienone is 2. The molecule has 0 aliphatic carbocycles. The number of unbranched alkanes of at least 4 members (excludes halogenated alkanes) is 45. The summed E-state index contributed by atoms with van der Waals surface area (Å²) in [6.07, 6.45) is 71.1. The number of carbonyl (C=O) groups excluding carboxylic acids is 1. The first-order valence-electron chi connectivity index (χ1n) is 27.2. The van der Waals surface area contributed by atoms with Gasteiger partial charge in [0.2, 0.25) is 0 Å². The minimum Gasteiger partial charge on any atom is -0.466 e. The summed E-state index contributed by atoms with van der Waals surface area (Å²) in [6.45, 7) is 3.27. The molecule has 0 saturated carbocycles. The van der Waals surface area contributed by atoms with Crippen molar-refractivity contribution < 1.29 is 14.6 Å². The van der Waals surface area contributed by atoms with E-state index in [1.807, 2.05) is 0 Å². The van der Waals surface area contributed by atoms with Gasteiger partial charge in [-0.3, -0.25) is 4.79 Å². The first-order chi connectivity index (χ1) is 28.8. The molecule has 0 spiro atoms. The fraction of sp³-hybridized carbons (Fsp3) is 0.945. The molecule has 1 N–H and O–H groups in total.